The zero-order valence-electron chi connectivity index (χ0n) is 34.9. The highest BCUT2D eigenvalue weighted by molar-refractivity contribution is 5.87. The zero-order valence-corrected chi connectivity index (χ0v) is 34.9. The van der Waals surface area contributed by atoms with Crippen molar-refractivity contribution in [3.05, 3.63) is 53.6 Å². The maximum Gasteiger partial charge on any atom is 0.331 e. The molecule has 4 heterocycles. The summed E-state index contributed by atoms with van der Waals surface area (Å²) in [5.74, 6) is -2.00. The number of esters is 1. The van der Waals surface area contributed by atoms with Gasteiger partial charge < -0.3 is 114 Å². The molecular formula is C41H56O24. The molecular weight excluding hydrogens is 876 g/mol. The summed E-state index contributed by atoms with van der Waals surface area (Å²) >= 11 is 0. The van der Waals surface area contributed by atoms with Crippen molar-refractivity contribution >= 4 is 12.0 Å². The van der Waals surface area contributed by atoms with Crippen LogP contribution in [0.4, 0.5) is 0 Å². The Morgan fingerprint density at radius 3 is 2.06 bits per heavy atom. The molecule has 0 radical (unpaired) electrons. The number of aliphatic hydroxyl groups is 10. The molecule has 24 heteroatoms. The Morgan fingerprint density at radius 1 is 0.677 bits per heavy atom. The molecule has 0 spiro atoms. The van der Waals surface area contributed by atoms with Crippen molar-refractivity contribution in [3.63, 3.8) is 0 Å². The van der Waals surface area contributed by atoms with Gasteiger partial charge in [0.25, 0.3) is 0 Å². The number of aliphatic hydroxyl groups excluding tert-OH is 10. The lowest BCUT2D eigenvalue weighted by Gasteiger charge is -2.48. The van der Waals surface area contributed by atoms with E-state index in [1.54, 1.807) is 0 Å². The molecule has 4 fully saturated rings. The minimum absolute atomic E-state index is 0.0651. The van der Waals surface area contributed by atoms with Crippen molar-refractivity contribution < 1.29 is 119 Å². The summed E-state index contributed by atoms with van der Waals surface area (Å²) in [5.41, 5.74) is 0.791. The standard InChI is InChI=1S/C41H56O24/c1-16-27(48)31(52)37(65-39-32(53)28(49)22(46)14-58-39)41(60-16)64-36-34(55)40(57-10-9-18-3-6-19(43)20(44)11-18)62-25(15-59-38-33(54)30(51)29(50)24(13-42)61-38)35(36)63-26(47)8-5-17-4-7-23(56-2)21(45)12-17/h3-8,11-12,16,22,24-25,27-46,48-55H,9-10,13-15H2,1-2H3. The monoisotopic (exact) mass is 932 g/mol. The van der Waals surface area contributed by atoms with Crippen molar-refractivity contribution in [3.8, 4) is 23.0 Å². The summed E-state index contributed by atoms with van der Waals surface area (Å²) in [6.45, 7) is -0.932. The van der Waals surface area contributed by atoms with Crippen LogP contribution >= 0.6 is 0 Å². The summed E-state index contributed by atoms with van der Waals surface area (Å²) in [6, 6.07) is 8.23. The van der Waals surface area contributed by atoms with Crippen LogP contribution in [-0.4, -0.2) is 223 Å². The van der Waals surface area contributed by atoms with Gasteiger partial charge in [0, 0.05) is 6.08 Å². The van der Waals surface area contributed by atoms with Crippen LogP contribution in [0.1, 0.15) is 18.1 Å². The lowest BCUT2D eigenvalue weighted by molar-refractivity contribution is -0.383. The van der Waals surface area contributed by atoms with Crippen LogP contribution in [0.2, 0.25) is 0 Å². The minimum Gasteiger partial charge on any atom is -0.504 e. The van der Waals surface area contributed by atoms with E-state index in [4.69, 9.17) is 47.4 Å². The highest BCUT2D eigenvalue weighted by atomic mass is 16.8. The van der Waals surface area contributed by atoms with E-state index in [1.807, 2.05) is 0 Å². The summed E-state index contributed by atoms with van der Waals surface area (Å²) in [5, 5.41) is 136. The van der Waals surface area contributed by atoms with Crippen LogP contribution in [0.25, 0.3) is 6.08 Å². The molecule has 2 aromatic rings. The van der Waals surface area contributed by atoms with Crippen LogP contribution in [0.5, 0.6) is 23.0 Å². The first-order chi connectivity index (χ1) is 30.9. The Kier molecular flexibility index (Phi) is 17.3. The lowest BCUT2D eigenvalue weighted by atomic mass is 9.96. The normalized spacial score (nSPS) is 39.0. The molecule has 24 nitrogen and oxygen atoms in total. The SMILES string of the molecule is COc1ccc(C=CC(=O)OC2C(COC3OC(CO)C(O)C(O)C3O)OC(OCCc3ccc(O)c(O)c3)C(O)C2OC2OC(C)C(O)C(O)C2OC2OCC(O)C(O)C2O)cc1O. The number of methoxy groups -OCH3 is 1. The number of rotatable bonds is 16. The maximum atomic E-state index is 13.7. The number of benzene rings is 2. The quantitative estimate of drug-likeness (QED) is 0.0429. The van der Waals surface area contributed by atoms with Crippen molar-refractivity contribution in [2.45, 2.75) is 130 Å². The first-order valence-corrected chi connectivity index (χ1v) is 20.5. The molecule has 364 valence electrons. The zero-order chi connectivity index (χ0) is 47.3. The van der Waals surface area contributed by atoms with E-state index in [9.17, 15) is 71.2 Å². The van der Waals surface area contributed by atoms with Crippen LogP contribution in [0.3, 0.4) is 0 Å². The first kappa shape index (κ1) is 50.5. The van der Waals surface area contributed by atoms with Crippen LogP contribution < -0.4 is 4.74 Å². The number of phenolic OH excluding ortho intramolecular Hbond substituents is 3. The molecule has 65 heavy (non-hydrogen) atoms. The van der Waals surface area contributed by atoms with Crippen LogP contribution in [0, 0.1) is 0 Å². The van der Waals surface area contributed by atoms with Gasteiger partial charge in [0.15, 0.2) is 54.3 Å². The molecule has 2 aromatic carbocycles. The number of phenols is 3. The van der Waals surface area contributed by atoms with E-state index in [2.05, 4.69) is 0 Å². The third-order valence-electron chi connectivity index (χ3n) is 11.3. The first-order valence-electron chi connectivity index (χ1n) is 20.5. The number of aromatic hydroxyl groups is 3. The average molecular weight is 933 g/mol. The van der Waals surface area contributed by atoms with E-state index >= 15 is 0 Å². The van der Waals surface area contributed by atoms with E-state index in [1.165, 1.54) is 56.5 Å². The topological polar surface area (TPSA) is 372 Å². The summed E-state index contributed by atoms with van der Waals surface area (Å²) in [7, 11) is 1.34. The van der Waals surface area contributed by atoms with Crippen molar-refractivity contribution in [1.29, 1.82) is 0 Å². The molecule has 19 unspecified atom stereocenters. The van der Waals surface area contributed by atoms with Gasteiger partial charge in [-0.05, 0) is 54.8 Å². The fourth-order valence-corrected chi connectivity index (χ4v) is 7.49. The van der Waals surface area contributed by atoms with Gasteiger partial charge in [-0.25, -0.2) is 4.79 Å². The van der Waals surface area contributed by atoms with Crippen LogP contribution in [-0.2, 0) is 53.8 Å². The third-order valence-corrected chi connectivity index (χ3v) is 11.3. The Labute approximate surface area is 370 Å². The second-order valence-electron chi connectivity index (χ2n) is 15.8. The summed E-state index contributed by atoms with van der Waals surface area (Å²) < 4.78 is 57.6. The van der Waals surface area contributed by atoms with E-state index < -0.39 is 148 Å². The largest absolute Gasteiger partial charge is 0.504 e. The lowest BCUT2D eigenvalue weighted by Crippen LogP contribution is -2.66. The fourth-order valence-electron chi connectivity index (χ4n) is 7.49. The Bertz CT molecular complexity index is 1880. The smallest absolute Gasteiger partial charge is 0.331 e. The van der Waals surface area contributed by atoms with E-state index in [-0.39, 0.29) is 30.3 Å². The minimum atomic E-state index is -1.95. The molecule has 6 rings (SSSR count). The van der Waals surface area contributed by atoms with E-state index in [0.717, 1.165) is 6.08 Å². The Balaban J connectivity index is 1.33. The summed E-state index contributed by atoms with van der Waals surface area (Å²) in [4.78, 5) is 13.7. The molecule has 4 aliphatic rings. The van der Waals surface area contributed by atoms with Gasteiger partial charge in [0.2, 0.25) is 0 Å². The third kappa shape index (κ3) is 11.8. The van der Waals surface area contributed by atoms with Gasteiger partial charge in [-0.2, -0.15) is 0 Å². The van der Waals surface area contributed by atoms with Crippen molar-refractivity contribution in [2.75, 3.05) is 33.5 Å². The predicted octanol–water partition coefficient (Wildman–Crippen LogP) is -4.43. The van der Waals surface area contributed by atoms with Crippen LogP contribution in [0.15, 0.2) is 42.5 Å². The number of ether oxygens (including phenoxy) is 10. The van der Waals surface area contributed by atoms with Gasteiger partial charge in [0.05, 0.1) is 39.6 Å². The molecule has 19 atom stereocenters. The van der Waals surface area contributed by atoms with Crippen molar-refractivity contribution in [1.82, 2.24) is 0 Å². The average Bonchev–Trinajstić information content (AvgIpc) is 3.28. The van der Waals surface area contributed by atoms with Gasteiger partial charge in [-0.15, -0.1) is 0 Å². The second kappa shape index (κ2) is 22.3. The number of carbonyl (C=O) groups excluding carboxylic acids is 1. The maximum absolute atomic E-state index is 13.7. The second-order valence-corrected chi connectivity index (χ2v) is 15.8. The predicted molar refractivity (Wildman–Crippen MR) is 211 cm³/mol. The number of hydrogen-bond donors (Lipinski definition) is 13. The molecule has 4 aliphatic heterocycles. The molecule has 4 saturated heterocycles. The molecule has 13 N–H and O–H groups in total. The molecule has 0 saturated carbocycles. The number of carbonyl (C=O) groups is 1. The van der Waals surface area contributed by atoms with Gasteiger partial charge in [-0.1, -0.05) is 12.1 Å². The molecule has 0 aliphatic carbocycles. The molecule has 0 bridgehead atoms. The molecule has 0 amide bonds. The van der Waals surface area contributed by atoms with E-state index in [0.29, 0.717) is 11.1 Å². The van der Waals surface area contributed by atoms with Gasteiger partial charge in [0.1, 0.15) is 79.4 Å². The number of hydrogen-bond acceptors (Lipinski definition) is 24. The Morgan fingerprint density at radius 2 is 1.37 bits per heavy atom. The highest BCUT2D eigenvalue weighted by Crippen LogP contribution is 2.35. The van der Waals surface area contributed by atoms with Gasteiger partial charge >= 0.3 is 5.97 Å². The fraction of sp³-hybridized carbons (Fsp3) is 0.634. The highest BCUT2D eigenvalue weighted by Gasteiger charge is 2.55. The molecule has 0 aromatic heterocycles. The van der Waals surface area contributed by atoms with Crippen molar-refractivity contribution in [2.24, 2.45) is 0 Å². The summed E-state index contributed by atoms with van der Waals surface area (Å²) in [6.07, 6.45) is -30.5. The van der Waals surface area contributed by atoms with Gasteiger partial charge in [-0.3, -0.25) is 0 Å². The Hall–Kier alpha value is -3.87.